The minimum Gasteiger partial charge on any atom is -0.462 e. The molecule has 0 aliphatic rings. The van der Waals surface area contributed by atoms with E-state index in [2.05, 4.69) is 18.8 Å². The highest BCUT2D eigenvalue weighted by Crippen LogP contribution is 2.01. The molecule has 0 unspecified atom stereocenters. The zero-order chi connectivity index (χ0) is 12.9. The summed E-state index contributed by atoms with van der Waals surface area (Å²) in [4.78, 5) is 11.0. The second kappa shape index (κ2) is 11.6. The minimum atomic E-state index is -0.272. The first-order valence-corrected chi connectivity index (χ1v) is 6.71. The monoisotopic (exact) mass is 241 g/mol. The van der Waals surface area contributed by atoms with Crippen LogP contribution in [0.4, 0.5) is 0 Å². The highest BCUT2D eigenvalue weighted by Gasteiger charge is 2.01. The van der Waals surface area contributed by atoms with Gasteiger partial charge in [0.1, 0.15) is 0 Å². The number of esters is 1. The van der Waals surface area contributed by atoms with Crippen LogP contribution in [0.5, 0.6) is 0 Å². The largest absolute Gasteiger partial charge is 0.462 e. The Morgan fingerprint density at radius 1 is 1.12 bits per heavy atom. The number of hydrogen-bond acceptors (Lipinski definition) is 3. The lowest BCUT2D eigenvalue weighted by Gasteiger charge is -2.05. The van der Waals surface area contributed by atoms with Crippen LogP contribution in [0.2, 0.25) is 0 Å². The summed E-state index contributed by atoms with van der Waals surface area (Å²) in [6.45, 7) is 10.2. The molecule has 0 saturated heterocycles. The van der Waals surface area contributed by atoms with Gasteiger partial charge in [-0.2, -0.15) is 0 Å². The van der Waals surface area contributed by atoms with Crippen LogP contribution in [-0.4, -0.2) is 25.7 Å². The molecule has 0 atom stereocenters. The van der Waals surface area contributed by atoms with Crippen molar-refractivity contribution in [2.24, 2.45) is 0 Å². The molecule has 100 valence electrons. The van der Waals surface area contributed by atoms with Crippen LogP contribution in [0.25, 0.3) is 0 Å². The zero-order valence-corrected chi connectivity index (χ0v) is 11.4. The molecule has 0 aliphatic carbocycles. The molecule has 3 nitrogen and oxygen atoms in total. The molecule has 0 saturated carbocycles. The summed E-state index contributed by atoms with van der Waals surface area (Å²) in [7, 11) is 0. The molecule has 0 heterocycles. The Labute approximate surface area is 106 Å². The van der Waals surface area contributed by atoms with Crippen LogP contribution < -0.4 is 5.32 Å². The van der Waals surface area contributed by atoms with E-state index in [4.69, 9.17) is 4.74 Å². The molecule has 0 spiro atoms. The molecule has 0 radical (unpaired) electrons. The Kier molecular flexibility index (Phi) is 11.1. The van der Waals surface area contributed by atoms with Gasteiger partial charge in [0.05, 0.1) is 6.61 Å². The maximum atomic E-state index is 11.0. The third kappa shape index (κ3) is 11.4. The third-order valence-corrected chi connectivity index (χ3v) is 2.54. The van der Waals surface area contributed by atoms with Gasteiger partial charge in [-0.15, -0.1) is 0 Å². The highest BCUT2D eigenvalue weighted by atomic mass is 16.5. The quantitative estimate of drug-likeness (QED) is 0.343. The molecular weight excluding hydrogens is 214 g/mol. The van der Waals surface area contributed by atoms with Gasteiger partial charge in [-0.05, 0) is 39.3 Å². The van der Waals surface area contributed by atoms with Crippen molar-refractivity contribution < 1.29 is 9.53 Å². The van der Waals surface area contributed by atoms with E-state index in [1.165, 1.54) is 25.7 Å². The Balaban J connectivity index is 3.08. The minimum absolute atomic E-state index is 0.272. The molecule has 0 amide bonds. The van der Waals surface area contributed by atoms with Gasteiger partial charge in [0.2, 0.25) is 0 Å². The summed E-state index contributed by atoms with van der Waals surface area (Å²) in [5.41, 5.74) is 0.477. The van der Waals surface area contributed by atoms with Crippen LogP contribution in [0.3, 0.4) is 0 Å². The Bertz CT molecular complexity index is 214. The fourth-order valence-electron chi connectivity index (χ4n) is 1.42. The van der Waals surface area contributed by atoms with E-state index in [9.17, 15) is 4.79 Å². The van der Waals surface area contributed by atoms with Crippen molar-refractivity contribution in [1.29, 1.82) is 0 Å². The second-order valence-electron chi connectivity index (χ2n) is 4.43. The first-order chi connectivity index (χ1) is 8.18. The lowest BCUT2D eigenvalue weighted by atomic mass is 10.2. The van der Waals surface area contributed by atoms with Gasteiger partial charge in [0, 0.05) is 5.57 Å². The number of ether oxygens (including phenoxy) is 1. The molecule has 0 aromatic rings. The summed E-state index contributed by atoms with van der Waals surface area (Å²) < 4.78 is 5.01. The van der Waals surface area contributed by atoms with Gasteiger partial charge >= 0.3 is 5.97 Å². The molecule has 0 aromatic heterocycles. The number of carbonyl (C=O) groups excluding carboxylic acids is 1. The highest BCUT2D eigenvalue weighted by molar-refractivity contribution is 5.86. The Morgan fingerprint density at radius 2 is 1.76 bits per heavy atom. The van der Waals surface area contributed by atoms with Crippen LogP contribution in [0.1, 0.15) is 52.4 Å². The molecule has 0 aliphatic heterocycles. The Morgan fingerprint density at radius 3 is 2.41 bits per heavy atom. The van der Waals surface area contributed by atoms with Crippen LogP contribution >= 0.6 is 0 Å². The average molecular weight is 241 g/mol. The fourth-order valence-corrected chi connectivity index (χ4v) is 1.42. The molecule has 0 bridgehead atoms. The van der Waals surface area contributed by atoms with Crippen LogP contribution in [0.15, 0.2) is 12.2 Å². The number of rotatable bonds is 11. The normalized spacial score (nSPS) is 10.2. The summed E-state index contributed by atoms with van der Waals surface area (Å²) in [6, 6.07) is 0. The summed E-state index contributed by atoms with van der Waals surface area (Å²) in [5, 5.41) is 3.41. The Hall–Kier alpha value is -0.830. The number of hydrogen-bond donors (Lipinski definition) is 1. The van der Waals surface area contributed by atoms with E-state index in [-0.39, 0.29) is 5.97 Å². The van der Waals surface area contributed by atoms with Gasteiger partial charge < -0.3 is 10.1 Å². The lowest BCUT2D eigenvalue weighted by molar-refractivity contribution is -0.139. The van der Waals surface area contributed by atoms with E-state index < -0.39 is 0 Å². The van der Waals surface area contributed by atoms with Crippen molar-refractivity contribution in [3.63, 3.8) is 0 Å². The first kappa shape index (κ1) is 16.2. The lowest BCUT2D eigenvalue weighted by Crippen LogP contribution is -2.16. The smallest absolute Gasteiger partial charge is 0.333 e. The van der Waals surface area contributed by atoms with Gasteiger partial charge in [0.15, 0.2) is 0 Å². The maximum Gasteiger partial charge on any atom is 0.333 e. The summed E-state index contributed by atoms with van der Waals surface area (Å²) in [5.74, 6) is -0.272. The molecule has 0 rings (SSSR count). The zero-order valence-electron chi connectivity index (χ0n) is 11.4. The van der Waals surface area contributed by atoms with Crippen molar-refractivity contribution in [3.05, 3.63) is 12.2 Å². The summed E-state index contributed by atoms with van der Waals surface area (Å²) in [6.07, 6.45) is 6.99. The van der Waals surface area contributed by atoms with E-state index in [1.54, 1.807) is 6.92 Å². The average Bonchev–Trinajstić information content (AvgIpc) is 2.31. The molecule has 17 heavy (non-hydrogen) atoms. The van der Waals surface area contributed by atoms with Crippen LogP contribution in [-0.2, 0) is 9.53 Å². The first-order valence-electron chi connectivity index (χ1n) is 6.71. The fraction of sp³-hybridized carbons (Fsp3) is 0.786. The van der Waals surface area contributed by atoms with Crippen molar-refractivity contribution in [3.8, 4) is 0 Å². The van der Waals surface area contributed by atoms with E-state index in [0.717, 1.165) is 25.9 Å². The van der Waals surface area contributed by atoms with Gasteiger partial charge in [-0.1, -0.05) is 32.8 Å². The van der Waals surface area contributed by atoms with E-state index in [0.29, 0.717) is 12.2 Å². The molecule has 3 heteroatoms. The number of carbonyl (C=O) groups is 1. The second-order valence-corrected chi connectivity index (χ2v) is 4.43. The van der Waals surface area contributed by atoms with E-state index in [1.807, 2.05) is 0 Å². The van der Waals surface area contributed by atoms with Gasteiger partial charge in [-0.3, -0.25) is 0 Å². The number of nitrogens with one attached hydrogen (secondary N) is 1. The van der Waals surface area contributed by atoms with Crippen LogP contribution in [0, 0.1) is 0 Å². The van der Waals surface area contributed by atoms with Crippen molar-refractivity contribution in [2.45, 2.75) is 52.4 Å². The predicted molar refractivity (Wildman–Crippen MR) is 72.0 cm³/mol. The van der Waals surface area contributed by atoms with Gasteiger partial charge in [-0.25, -0.2) is 4.79 Å². The maximum absolute atomic E-state index is 11.0. The van der Waals surface area contributed by atoms with E-state index >= 15 is 0 Å². The molecule has 0 aromatic carbocycles. The SMILES string of the molecule is C=C(C)C(=O)OCCCCCCNCCCC. The molecular formula is C14H27NO2. The van der Waals surface area contributed by atoms with Crippen molar-refractivity contribution >= 4 is 5.97 Å². The van der Waals surface area contributed by atoms with Crippen molar-refractivity contribution in [2.75, 3.05) is 19.7 Å². The topological polar surface area (TPSA) is 38.3 Å². The predicted octanol–water partition coefficient (Wildman–Crippen LogP) is 3.06. The third-order valence-electron chi connectivity index (χ3n) is 2.54. The summed E-state index contributed by atoms with van der Waals surface area (Å²) >= 11 is 0. The molecule has 0 fully saturated rings. The standard InChI is InChI=1S/C14H27NO2/c1-4-5-10-15-11-8-6-7-9-12-17-14(16)13(2)3/h15H,2,4-12H2,1,3H3. The van der Waals surface area contributed by atoms with Crippen molar-refractivity contribution in [1.82, 2.24) is 5.32 Å². The number of unbranched alkanes of at least 4 members (excludes halogenated alkanes) is 4. The van der Waals surface area contributed by atoms with Gasteiger partial charge in [0.25, 0.3) is 0 Å². The molecule has 1 N–H and O–H groups in total.